The van der Waals surface area contributed by atoms with Crippen LogP contribution in [0.5, 0.6) is 0 Å². The van der Waals surface area contributed by atoms with E-state index in [1.165, 1.54) is 99.1 Å². The predicted octanol–water partition coefficient (Wildman–Crippen LogP) is 8.85. The summed E-state index contributed by atoms with van der Waals surface area (Å²) in [6.07, 6.45) is 0. The molecule has 0 unspecified atom stereocenters. The van der Waals surface area contributed by atoms with Gasteiger partial charge in [-0.05, 0) is 182 Å². The van der Waals surface area contributed by atoms with Crippen LogP contribution in [0.4, 0.5) is 0 Å². The maximum atomic E-state index is 2.35. The van der Waals surface area contributed by atoms with E-state index in [0.29, 0.717) is 0 Å². The third-order valence-electron chi connectivity index (χ3n) is 8.62. The fourth-order valence-corrected chi connectivity index (χ4v) is 6.31. The Labute approximate surface area is 182 Å². The van der Waals surface area contributed by atoms with Gasteiger partial charge in [-0.3, -0.25) is 0 Å². The first kappa shape index (κ1) is 20.9. The van der Waals surface area contributed by atoms with Gasteiger partial charge in [-0.2, -0.15) is 0 Å². The topological polar surface area (TPSA) is 0 Å². The maximum absolute atomic E-state index is 2.35. The molecule has 156 valence electrons. The highest BCUT2D eigenvalue weighted by molar-refractivity contribution is 6.17. The van der Waals surface area contributed by atoms with Crippen molar-refractivity contribution in [1.29, 1.82) is 0 Å². The fourth-order valence-electron chi connectivity index (χ4n) is 6.31. The highest BCUT2D eigenvalue weighted by Gasteiger charge is 2.22. The van der Waals surface area contributed by atoms with E-state index in [2.05, 4.69) is 83.1 Å². The molecule has 0 fully saturated rings. The van der Waals surface area contributed by atoms with Crippen LogP contribution in [0.25, 0.3) is 32.3 Å². The molecule has 0 amide bonds. The van der Waals surface area contributed by atoms with E-state index < -0.39 is 0 Å². The molecule has 4 aromatic rings. The Bertz CT molecular complexity index is 1210. The summed E-state index contributed by atoms with van der Waals surface area (Å²) < 4.78 is 0. The molecule has 4 aromatic carbocycles. The molecule has 4 rings (SSSR count). The van der Waals surface area contributed by atoms with E-state index in [4.69, 9.17) is 0 Å². The first-order valence-corrected chi connectivity index (χ1v) is 11.2. The van der Waals surface area contributed by atoms with E-state index in [1.807, 2.05) is 0 Å². The zero-order valence-electron chi connectivity index (χ0n) is 21.0. The minimum Gasteiger partial charge on any atom is -0.0444 e. The molecule has 0 saturated heterocycles. The fraction of sp³-hybridized carbons (Fsp3) is 0.400. The molecule has 0 spiro atoms. The molecule has 0 N–H and O–H groups in total. The first-order chi connectivity index (χ1) is 13.9. The van der Waals surface area contributed by atoms with Gasteiger partial charge in [0.05, 0.1) is 0 Å². The van der Waals surface area contributed by atoms with Crippen LogP contribution in [0, 0.1) is 83.1 Å². The normalized spacial score (nSPS) is 12.0. The zero-order chi connectivity index (χ0) is 22.4. The van der Waals surface area contributed by atoms with Gasteiger partial charge >= 0.3 is 0 Å². The van der Waals surface area contributed by atoms with Crippen molar-refractivity contribution in [1.82, 2.24) is 0 Å². The van der Waals surface area contributed by atoms with Crippen LogP contribution in [0.2, 0.25) is 0 Å². The second kappa shape index (κ2) is 6.58. The van der Waals surface area contributed by atoms with Crippen LogP contribution in [0.1, 0.15) is 66.8 Å². The van der Waals surface area contributed by atoms with Crippen LogP contribution < -0.4 is 0 Å². The van der Waals surface area contributed by atoms with Gasteiger partial charge in [0.2, 0.25) is 0 Å². The molecule has 0 aliphatic carbocycles. The second-order valence-corrected chi connectivity index (χ2v) is 9.75. The summed E-state index contributed by atoms with van der Waals surface area (Å²) >= 11 is 0. The first-order valence-electron chi connectivity index (χ1n) is 11.2. The molecule has 0 bridgehead atoms. The molecule has 30 heavy (non-hydrogen) atoms. The molecular formula is C30H36. The maximum Gasteiger partial charge on any atom is -0.0107 e. The average Bonchev–Trinajstić information content (AvgIpc) is 2.70. The third-order valence-corrected chi connectivity index (χ3v) is 8.62. The van der Waals surface area contributed by atoms with Crippen molar-refractivity contribution in [2.75, 3.05) is 0 Å². The molecule has 0 atom stereocenters. The van der Waals surface area contributed by atoms with Gasteiger partial charge in [-0.25, -0.2) is 0 Å². The summed E-state index contributed by atoms with van der Waals surface area (Å²) in [6, 6.07) is 0. The van der Waals surface area contributed by atoms with Gasteiger partial charge in [-0.15, -0.1) is 0 Å². The van der Waals surface area contributed by atoms with Crippen molar-refractivity contribution in [3.8, 4) is 0 Å². The molecule has 0 saturated carbocycles. The number of benzene rings is 4. The lowest BCUT2D eigenvalue weighted by atomic mass is 9.78. The van der Waals surface area contributed by atoms with Crippen LogP contribution in [0.3, 0.4) is 0 Å². The number of rotatable bonds is 0. The smallest absolute Gasteiger partial charge is 0.0107 e. The molecular weight excluding hydrogens is 360 g/mol. The van der Waals surface area contributed by atoms with Crippen molar-refractivity contribution >= 4 is 32.3 Å². The van der Waals surface area contributed by atoms with Crippen LogP contribution in [-0.2, 0) is 0 Å². The minimum atomic E-state index is 1.44. The van der Waals surface area contributed by atoms with Crippen molar-refractivity contribution in [3.05, 3.63) is 66.8 Å². The van der Waals surface area contributed by atoms with E-state index >= 15 is 0 Å². The number of hydrogen-bond donors (Lipinski definition) is 0. The van der Waals surface area contributed by atoms with E-state index in [-0.39, 0.29) is 0 Å². The Morgan fingerprint density at radius 2 is 0.300 bits per heavy atom. The zero-order valence-corrected chi connectivity index (χ0v) is 21.0. The summed E-state index contributed by atoms with van der Waals surface area (Å²) in [5, 5.41) is 8.84. The molecule has 0 radical (unpaired) electrons. The lowest BCUT2D eigenvalue weighted by Crippen LogP contribution is -2.03. The van der Waals surface area contributed by atoms with Gasteiger partial charge in [0, 0.05) is 0 Å². The number of hydrogen-bond acceptors (Lipinski definition) is 0. The molecule has 0 aromatic heterocycles. The Hall–Kier alpha value is -2.34. The molecule has 0 heteroatoms. The Morgan fingerprint density at radius 3 is 0.467 bits per heavy atom. The molecule has 0 aliphatic rings. The van der Waals surface area contributed by atoms with E-state index in [9.17, 15) is 0 Å². The summed E-state index contributed by atoms with van der Waals surface area (Å²) in [7, 11) is 0. The van der Waals surface area contributed by atoms with Crippen molar-refractivity contribution < 1.29 is 0 Å². The summed E-state index contributed by atoms with van der Waals surface area (Å²) in [5.74, 6) is 0. The van der Waals surface area contributed by atoms with Gasteiger partial charge in [0.15, 0.2) is 0 Å². The van der Waals surface area contributed by atoms with Crippen molar-refractivity contribution in [2.24, 2.45) is 0 Å². The average molecular weight is 397 g/mol. The lowest BCUT2D eigenvalue weighted by Gasteiger charge is -2.25. The van der Waals surface area contributed by atoms with Gasteiger partial charge in [-0.1, -0.05) is 0 Å². The third kappa shape index (κ3) is 2.34. The van der Waals surface area contributed by atoms with Crippen LogP contribution in [0.15, 0.2) is 0 Å². The van der Waals surface area contributed by atoms with Crippen LogP contribution >= 0.6 is 0 Å². The van der Waals surface area contributed by atoms with Gasteiger partial charge < -0.3 is 0 Å². The lowest BCUT2D eigenvalue weighted by molar-refractivity contribution is 1.23. The van der Waals surface area contributed by atoms with Crippen molar-refractivity contribution in [2.45, 2.75) is 83.1 Å². The Morgan fingerprint density at radius 1 is 0.167 bits per heavy atom. The molecule has 0 heterocycles. The second-order valence-electron chi connectivity index (χ2n) is 9.75. The summed E-state index contributed by atoms with van der Waals surface area (Å²) in [5.41, 5.74) is 17.3. The summed E-state index contributed by atoms with van der Waals surface area (Å²) in [6.45, 7) is 27.8. The summed E-state index contributed by atoms with van der Waals surface area (Å²) in [4.78, 5) is 0. The standard InChI is InChI=1S/C30H36/c1-13-14(2)18(6)26-22(10)30-24(12)28-20(8)16(4)15(3)19(7)27(28)23(11)29(30)21(9)25(26)17(13)5/h1-12H3. The van der Waals surface area contributed by atoms with Gasteiger partial charge in [0.1, 0.15) is 0 Å². The number of fused-ring (bicyclic) bond motifs is 3. The van der Waals surface area contributed by atoms with Gasteiger partial charge in [0.25, 0.3) is 0 Å². The van der Waals surface area contributed by atoms with E-state index in [0.717, 1.165) is 0 Å². The number of aryl methyl sites for hydroxylation is 8. The van der Waals surface area contributed by atoms with Crippen molar-refractivity contribution in [3.63, 3.8) is 0 Å². The van der Waals surface area contributed by atoms with E-state index in [1.54, 1.807) is 0 Å². The highest BCUT2D eigenvalue weighted by atomic mass is 14.3. The molecule has 0 aliphatic heterocycles. The highest BCUT2D eigenvalue weighted by Crippen LogP contribution is 2.45. The quantitative estimate of drug-likeness (QED) is 0.260. The minimum absolute atomic E-state index is 1.44. The largest absolute Gasteiger partial charge is 0.0444 e. The van der Waals surface area contributed by atoms with Crippen LogP contribution in [-0.4, -0.2) is 0 Å². The monoisotopic (exact) mass is 396 g/mol. The Balaban J connectivity index is 2.49. The predicted molar refractivity (Wildman–Crippen MR) is 136 cm³/mol. The SMILES string of the molecule is Cc1c(C)c(C)c2c(C)c3c(C)c4c(C)c(C)c(C)c(C)c4c(C)c3c(C)c2c1C. The molecule has 0 nitrogen and oxygen atoms in total. The Kier molecular flexibility index (Phi) is 4.59.